The number of Topliss-reactive ketones (excluding diaryl/α,β-unsaturated/α-hetero) is 1. The molecular weight excluding hydrogens is 235 g/mol. The van der Waals surface area contributed by atoms with Crippen LogP contribution in [0.4, 0.5) is 4.39 Å². The molecule has 4 nitrogen and oxygen atoms in total. The molecule has 0 bridgehead atoms. The van der Waals surface area contributed by atoms with Crippen LogP contribution >= 0.6 is 0 Å². The van der Waals surface area contributed by atoms with E-state index >= 15 is 0 Å². The summed E-state index contributed by atoms with van der Waals surface area (Å²) in [7, 11) is 0. The van der Waals surface area contributed by atoms with E-state index in [1.165, 1.54) is 28.9 Å². The van der Waals surface area contributed by atoms with Gasteiger partial charge in [-0.2, -0.15) is 0 Å². The summed E-state index contributed by atoms with van der Waals surface area (Å²) in [6, 6.07) is 5.48. The molecule has 0 saturated carbocycles. The van der Waals surface area contributed by atoms with E-state index < -0.39 is 5.56 Å². The van der Waals surface area contributed by atoms with Crippen molar-refractivity contribution in [3.8, 4) is 5.69 Å². The largest absolute Gasteiger partial charge is 0.295 e. The van der Waals surface area contributed by atoms with Gasteiger partial charge in [0.2, 0.25) is 0 Å². The fourth-order valence-electron chi connectivity index (χ4n) is 1.82. The Bertz CT molecular complexity index is 638. The fourth-order valence-corrected chi connectivity index (χ4v) is 1.82. The normalized spacial score (nSPS) is 10.6. The van der Waals surface area contributed by atoms with E-state index in [4.69, 9.17) is 0 Å². The molecule has 0 amide bonds. The van der Waals surface area contributed by atoms with Crippen molar-refractivity contribution < 1.29 is 9.18 Å². The van der Waals surface area contributed by atoms with Gasteiger partial charge in [0.05, 0.1) is 5.69 Å². The summed E-state index contributed by atoms with van der Waals surface area (Å²) in [6.45, 7) is 3.38. The smallest absolute Gasteiger partial charge is 0.282 e. The quantitative estimate of drug-likeness (QED) is 0.846. The van der Waals surface area contributed by atoms with Crippen LogP contribution in [0.2, 0.25) is 0 Å². The highest BCUT2D eigenvalue weighted by Crippen LogP contribution is 2.09. The molecule has 0 aliphatic rings. The maximum atomic E-state index is 12.8. The van der Waals surface area contributed by atoms with Gasteiger partial charge in [-0.25, -0.2) is 9.07 Å². The summed E-state index contributed by atoms with van der Waals surface area (Å²) >= 11 is 0. The summed E-state index contributed by atoms with van der Waals surface area (Å²) in [5.41, 5.74) is 0.795. The number of carbonyl (C=O) groups is 1. The third-order valence-corrected chi connectivity index (χ3v) is 2.76. The van der Waals surface area contributed by atoms with Gasteiger partial charge in [0.25, 0.3) is 5.56 Å². The van der Waals surface area contributed by atoms with Crippen LogP contribution in [0.25, 0.3) is 5.69 Å². The van der Waals surface area contributed by atoms with Gasteiger partial charge in [-0.1, -0.05) is 6.92 Å². The first-order valence-corrected chi connectivity index (χ1v) is 5.65. The monoisotopic (exact) mass is 248 g/mol. The molecule has 1 aromatic heterocycles. The number of nitrogens with one attached hydrogen (secondary N) is 1. The van der Waals surface area contributed by atoms with Crippen LogP contribution in [0.1, 0.15) is 29.4 Å². The number of aromatic amines is 1. The molecule has 0 spiro atoms. The second-order valence-electron chi connectivity index (χ2n) is 4.01. The maximum Gasteiger partial charge on any atom is 0.282 e. The molecular formula is C13H13FN2O2. The molecule has 0 radical (unpaired) electrons. The number of rotatable bonds is 3. The molecule has 0 unspecified atom stereocenters. The van der Waals surface area contributed by atoms with Crippen molar-refractivity contribution in [3.63, 3.8) is 0 Å². The molecule has 18 heavy (non-hydrogen) atoms. The molecule has 0 aliphatic heterocycles. The second kappa shape index (κ2) is 4.60. The SMILES string of the molecule is CCC(=O)c1c(C)[nH]n(-c2ccc(F)cc2)c1=O. The van der Waals surface area contributed by atoms with Gasteiger partial charge in [0, 0.05) is 12.1 Å². The fraction of sp³-hybridized carbons (Fsp3) is 0.231. The van der Waals surface area contributed by atoms with Crippen LogP contribution in [0.3, 0.4) is 0 Å². The van der Waals surface area contributed by atoms with Crippen LogP contribution in [0.15, 0.2) is 29.1 Å². The molecule has 2 aromatic rings. The van der Waals surface area contributed by atoms with Gasteiger partial charge in [-0.15, -0.1) is 0 Å². The number of carbonyl (C=O) groups excluding carboxylic acids is 1. The summed E-state index contributed by atoms with van der Waals surface area (Å²) in [5.74, 6) is -0.574. The Morgan fingerprint density at radius 2 is 1.94 bits per heavy atom. The van der Waals surface area contributed by atoms with E-state index in [0.717, 1.165) is 0 Å². The lowest BCUT2D eigenvalue weighted by molar-refractivity contribution is 0.0986. The van der Waals surface area contributed by atoms with Crippen LogP contribution in [-0.2, 0) is 0 Å². The van der Waals surface area contributed by atoms with E-state index in [9.17, 15) is 14.0 Å². The topological polar surface area (TPSA) is 54.9 Å². The number of hydrogen-bond donors (Lipinski definition) is 1. The van der Waals surface area contributed by atoms with E-state index in [2.05, 4.69) is 5.10 Å². The van der Waals surface area contributed by atoms with Gasteiger partial charge in [0.15, 0.2) is 5.78 Å². The molecule has 0 aliphatic carbocycles. The second-order valence-corrected chi connectivity index (χ2v) is 4.01. The van der Waals surface area contributed by atoms with Crippen molar-refractivity contribution in [2.45, 2.75) is 20.3 Å². The molecule has 0 saturated heterocycles. The standard InChI is InChI=1S/C13H13FN2O2/c1-3-11(17)12-8(2)15-16(13(12)18)10-6-4-9(14)5-7-10/h4-7,15H,3H2,1-2H3. The number of aromatic nitrogens is 2. The van der Waals surface area contributed by atoms with Crippen molar-refractivity contribution in [1.82, 2.24) is 9.78 Å². The van der Waals surface area contributed by atoms with Crippen LogP contribution < -0.4 is 5.56 Å². The van der Waals surface area contributed by atoms with Gasteiger partial charge >= 0.3 is 0 Å². The average Bonchev–Trinajstić information content (AvgIpc) is 2.65. The Morgan fingerprint density at radius 1 is 1.33 bits per heavy atom. The zero-order chi connectivity index (χ0) is 13.3. The molecule has 5 heteroatoms. The highest BCUT2D eigenvalue weighted by Gasteiger charge is 2.17. The third-order valence-electron chi connectivity index (χ3n) is 2.76. The Labute approximate surface area is 103 Å². The minimum absolute atomic E-state index is 0.168. The average molecular weight is 248 g/mol. The van der Waals surface area contributed by atoms with Crippen molar-refractivity contribution in [1.29, 1.82) is 0 Å². The third kappa shape index (κ3) is 1.99. The van der Waals surface area contributed by atoms with Crippen LogP contribution in [0.5, 0.6) is 0 Å². The number of aryl methyl sites for hydroxylation is 1. The van der Waals surface area contributed by atoms with Gasteiger partial charge in [-0.05, 0) is 31.2 Å². The first-order valence-electron chi connectivity index (χ1n) is 5.65. The molecule has 1 aromatic carbocycles. The molecule has 0 atom stereocenters. The number of halogens is 1. The maximum absolute atomic E-state index is 12.8. The minimum Gasteiger partial charge on any atom is -0.295 e. The molecule has 2 rings (SSSR count). The first-order chi connectivity index (χ1) is 8.54. The lowest BCUT2D eigenvalue weighted by Crippen LogP contribution is -2.20. The zero-order valence-corrected chi connectivity index (χ0v) is 10.2. The van der Waals surface area contributed by atoms with Crippen molar-refractivity contribution in [3.05, 3.63) is 51.7 Å². The minimum atomic E-state index is -0.397. The van der Waals surface area contributed by atoms with Gasteiger partial charge in [0.1, 0.15) is 11.4 Å². The molecule has 1 heterocycles. The lowest BCUT2D eigenvalue weighted by atomic mass is 10.1. The van der Waals surface area contributed by atoms with Crippen LogP contribution in [-0.4, -0.2) is 15.6 Å². The zero-order valence-electron chi connectivity index (χ0n) is 10.2. The Kier molecular flexibility index (Phi) is 3.14. The number of ketones is 1. The van der Waals surface area contributed by atoms with Crippen molar-refractivity contribution >= 4 is 5.78 Å². The number of hydrogen-bond acceptors (Lipinski definition) is 2. The van der Waals surface area contributed by atoms with E-state index in [1.807, 2.05) is 0 Å². The van der Waals surface area contributed by atoms with E-state index in [-0.39, 0.29) is 23.6 Å². The summed E-state index contributed by atoms with van der Waals surface area (Å²) in [6.07, 6.45) is 0.275. The molecule has 0 fully saturated rings. The Hall–Kier alpha value is -2.17. The molecule has 1 N–H and O–H groups in total. The van der Waals surface area contributed by atoms with Gasteiger partial charge < -0.3 is 0 Å². The first kappa shape index (κ1) is 12.3. The van der Waals surface area contributed by atoms with E-state index in [1.54, 1.807) is 13.8 Å². The predicted octanol–water partition coefficient (Wildman–Crippen LogP) is 2.21. The van der Waals surface area contributed by atoms with Crippen LogP contribution in [0, 0.1) is 12.7 Å². The van der Waals surface area contributed by atoms with E-state index in [0.29, 0.717) is 11.4 Å². The summed E-state index contributed by atoms with van der Waals surface area (Å²) in [4.78, 5) is 23.8. The number of nitrogens with zero attached hydrogens (tertiary/aromatic N) is 1. The Morgan fingerprint density at radius 3 is 2.50 bits per heavy atom. The Balaban J connectivity index is 2.57. The van der Waals surface area contributed by atoms with Crippen molar-refractivity contribution in [2.75, 3.05) is 0 Å². The predicted molar refractivity (Wildman–Crippen MR) is 65.7 cm³/mol. The summed E-state index contributed by atoms with van der Waals surface area (Å²) < 4.78 is 14.1. The summed E-state index contributed by atoms with van der Waals surface area (Å²) in [5, 5.41) is 2.82. The van der Waals surface area contributed by atoms with Gasteiger partial charge in [-0.3, -0.25) is 14.7 Å². The van der Waals surface area contributed by atoms with Crippen molar-refractivity contribution in [2.24, 2.45) is 0 Å². The highest BCUT2D eigenvalue weighted by atomic mass is 19.1. The number of H-pyrrole nitrogens is 1. The lowest BCUT2D eigenvalue weighted by Gasteiger charge is -2.00. The highest BCUT2D eigenvalue weighted by molar-refractivity contribution is 5.96. The molecule has 94 valence electrons. The number of benzene rings is 1.